The number of nitrogens with one attached hydrogen (secondary N) is 1. The van der Waals surface area contributed by atoms with Crippen LogP contribution in [0.25, 0.3) is 0 Å². The largest absolute Gasteiger partial charge is 0.465 e. The molecule has 1 fully saturated rings. The van der Waals surface area contributed by atoms with Gasteiger partial charge in [-0.3, -0.25) is 15.0 Å². The van der Waals surface area contributed by atoms with Gasteiger partial charge in [-0.1, -0.05) is 0 Å². The van der Waals surface area contributed by atoms with Crippen molar-refractivity contribution in [3.63, 3.8) is 0 Å². The number of morpholine rings is 1. The molecule has 1 heterocycles. The fourth-order valence-corrected chi connectivity index (χ4v) is 3.09. The summed E-state index contributed by atoms with van der Waals surface area (Å²) in [5.41, 5.74) is -0.648. The molecule has 1 N–H and O–H groups in total. The molecule has 5 nitrogen and oxygen atoms in total. The lowest BCUT2D eigenvalue weighted by molar-refractivity contribution is -0.152. The summed E-state index contributed by atoms with van der Waals surface area (Å²) in [5, 5.41) is 3.39. The van der Waals surface area contributed by atoms with Crippen molar-refractivity contribution in [3.05, 3.63) is 0 Å². The number of esters is 1. The average Bonchev–Trinajstić information content (AvgIpc) is 2.37. The van der Waals surface area contributed by atoms with E-state index in [4.69, 9.17) is 9.47 Å². The highest BCUT2D eigenvalue weighted by atomic mass is 16.5. The van der Waals surface area contributed by atoms with Gasteiger partial charge in [-0.05, 0) is 48.0 Å². The smallest absolute Gasteiger partial charge is 0.326 e. The van der Waals surface area contributed by atoms with E-state index in [0.29, 0.717) is 12.6 Å². The monoisotopic (exact) mass is 300 g/mol. The Labute approximate surface area is 129 Å². The highest BCUT2D eigenvalue weighted by Crippen LogP contribution is 2.21. The van der Waals surface area contributed by atoms with Crippen LogP contribution in [0.3, 0.4) is 0 Å². The molecule has 1 rings (SSSR count). The van der Waals surface area contributed by atoms with Crippen molar-refractivity contribution < 1.29 is 14.3 Å². The zero-order valence-electron chi connectivity index (χ0n) is 14.4. The molecule has 0 aromatic carbocycles. The Morgan fingerprint density at radius 2 is 2.14 bits per heavy atom. The van der Waals surface area contributed by atoms with E-state index in [1.807, 2.05) is 13.8 Å². The van der Waals surface area contributed by atoms with Crippen LogP contribution in [-0.2, 0) is 14.3 Å². The number of ether oxygens (including phenoxy) is 2. The minimum atomic E-state index is -0.648. The Kier molecular flexibility index (Phi) is 7.10. The van der Waals surface area contributed by atoms with Gasteiger partial charge in [0.05, 0.1) is 19.3 Å². The summed E-state index contributed by atoms with van der Waals surface area (Å²) in [5.74, 6) is -0.160. The second kappa shape index (κ2) is 8.11. The Bertz CT molecular complexity index is 335. The van der Waals surface area contributed by atoms with Gasteiger partial charge >= 0.3 is 5.97 Å². The molecular weight excluding hydrogens is 268 g/mol. The third kappa shape index (κ3) is 5.57. The van der Waals surface area contributed by atoms with Gasteiger partial charge < -0.3 is 9.47 Å². The first kappa shape index (κ1) is 18.4. The highest BCUT2D eigenvalue weighted by molar-refractivity contribution is 5.80. The van der Waals surface area contributed by atoms with Crippen LogP contribution in [0, 0.1) is 0 Å². The third-order valence-electron chi connectivity index (χ3n) is 3.93. The average molecular weight is 300 g/mol. The van der Waals surface area contributed by atoms with Crippen LogP contribution in [-0.4, -0.2) is 60.9 Å². The van der Waals surface area contributed by atoms with Crippen LogP contribution in [0.1, 0.15) is 48.0 Å². The Morgan fingerprint density at radius 1 is 1.48 bits per heavy atom. The zero-order chi connectivity index (χ0) is 16.0. The number of hydrogen-bond donors (Lipinski definition) is 1. The maximum atomic E-state index is 12.4. The molecular formula is C16H32N2O3. The van der Waals surface area contributed by atoms with E-state index in [1.54, 1.807) is 0 Å². The molecule has 0 amide bonds. The number of carbonyl (C=O) groups is 1. The van der Waals surface area contributed by atoms with Crippen molar-refractivity contribution in [1.29, 1.82) is 0 Å². The predicted molar refractivity (Wildman–Crippen MR) is 84.4 cm³/mol. The van der Waals surface area contributed by atoms with E-state index in [2.05, 4.69) is 37.9 Å². The van der Waals surface area contributed by atoms with Gasteiger partial charge in [0.25, 0.3) is 0 Å². The summed E-state index contributed by atoms with van der Waals surface area (Å²) in [7, 11) is 0. The normalized spacial score (nSPS) is 24.6. The molecule has 0 aromatic heterocycles. The lowest BCUT2D eigenvalue weighted by Gasteiger charge is -2.40. The summed E-state index contributed by atoms with van der Waals surface area (Å²) in [6.45, 7) is 15.2. The number of rotatable bonds is 7. The zero-order valence-corrected chi connectivity index (χ0v) is 14.4. The molecule has 21 heavy (non-hydrogen) atoms. The molecule has 124 valence electrons. The molecule has 0 bridgehead atoms. The second-order valence-electron chi connectivity index (χ2n) is 6.58. The molecule has 0 aromatic rings. The van der Waals surface area contributed by atoms with Gasteiger partial charge in [-0.15, -0.1) is 0 Å². The molecule has 0 spiro atoms. The summed E-state index contributed by atoms with van der Waals surface area (Å²) < 4.78 is 10.9. The van der Waals surface area contributed by atoms with Gasteiger partial charge in [0.15, 0.2) is 0 Å². The van der Waals surface area contributed by atoms with Gasteiger partial charge in [-0.25, -0.2) is 0 Å². The fourth-order valence-electron chi connectivity index (χ4n) is 3.09. The summed E-state index contributed by atoms with van der Waals surface area (Å²) in [4.78, 5) is 14.8. The number of nitrogens with zero attached hydrogens (tertiary/aromatic N) is 1. The minimum Gasteiger partial charge on any atom is -0.465 e. The molecule has 1 saturated heterocycles. The first-order valence-electron chi connectivity index (χ1n) is 8.09. The number of hydrogen-bond acceptors (Lipinski definition) is 5. The summed E-state index contributed by atoms with van der Waals surface area (Å²) >= 11 is 0. The number of carbonyl (C=O) groups excluding carboxylic acids is 1. The van der Waals surface area contributed by atoms with Gasteiger partial charge in [0, 0.05) is 25.2 Å². The first-order valence-corrected chi connectivity index (χ1v) is 8.09. The van der Waals surface area contributed by atoms with Gasteiger partial charge in [-0.2, -0.15) is 0 Å². The quantitative estimate of drug-likeness (QED) is 0.727. The van der Waals surface area contributed by atoms with Crippen LogP contribution in [0.2, 0.25) is 0 Å². The maximum Gasteiger partial charge on any atom is 0.326 e. The van der Waals surface area contributed by atoms with Crippen LogP contribution in [0.4, 0.5) is 0 Å². The first-order chi connectivity index (χ1) is 9.78. The van der Waals surface area contributed by atoms with Crippen molar-refractivity contribution in [1.82, 2.24) is 10.2 Å². The second-order valence-corrected chi connectivity index (χ2v) is 6.58. The maximum absolute atomic E-state index is 12.4. The van der Waals surface area contributed by atoms with E-state index in [-0.39, 0.29) is 18.1 Å². The predicted octanol–water partition coefficient (Wildman–Crippen LogP) is 1.81. The van der Waals surface area contributed by atoms with Crippen molar-refractivity contribution >= 4 is 5.97 Å². The summed E-state index contributed by atoms with van der Waals surface area (Å²) in [6.07, 6.45) is 0.990. The SMILES string of the molecule is CCOC(=O)C(C)(CC(C)N1CCOC(C)C1)NC(C)C. The summed E-state index contributed by atoms with van der Waals surface area (Å²) in [6, 6.07) is 0.534. The lowest BCUT2D eigenvalue weighted by atomic mass is 9.91. The molecule has 3 unspecified atom stereocenters. The standard InChI is InChI=1S/C16H32N2O3/c1-7-20-15(19)16(6,17-12(2)3)10-13(4)18-8-9-21-14(5)11-18/h12-14,17H,7-11H2,1-6H3. The Hall–Kier alpha value is -0.650. The van der Waals surface area contributed by atoms with E-state index in [1.165, 1.54) is 0 Å². The van der Waals surface area contributed by atoms with Crippen molar-refractivity contribution in [2.24, 2.45) is 0 Å². The molecule has 3 atom stereocenters. The van der Waals surface area contributed by atoms with Crippen LogP contribution in [0.15, 0.2) is 0 Å². The topological polar surface area (TPSA) is 50.8 Å². The van der Waals surface area contributed by atoms with E-state index in [0.717, 1.165) is 26.1 Å². The van der Waals surface area contributed by atoms with Crippen molar-refractivity contribution in [3.8, 4) is 0 Å². The van der Waals surface area contributed by atoms with Gasteiger partial charge in [0.1, 0.15) is 5.54 Å². The molecule has 1 aliphatic rings. The van der Waals surface area contributed by atoms with Crippen molar-refractivity contribution in [2.45, 2.75) is 71.7 Å². The minimum absolute atomic E-state index is 0.160. The fraction of sp³-hybridized carbons (Fsp3) is 0.938. The Balaban J connectivity index is 2.72. The highest BCUT2D eigenvalue weighted by Gasteiger charge is 2.38. The van der Waals surface area contributed by atoms with E-state index < -0.39 is 5.54 Å². The molecule has 5 heteroatoms. The molecule has 0 aliphatic carbocycles. The molecule has 0 saturated carbocycles. The molecule has 0 radical (unpaired) electrons. The Morgan fingerprint density at radius 3 is 2.67 bits per heavy atom. The van der Waals surface area contributed by atoms with E-state index >= 15 is 0 Å². The van der Waals surface area contributed by atoms with Gasteiger partial charge in [0.2, 0.25) is 0 Å². The third-order valence-corrected chi connectivity index (χ3v) is 3.93. The van der Waals surface area contributed by atoms with Crippen LogP contribution >= 0.6 is 0 Å². The lowest BCUT2D eigenvalue weighted by Crippen LogP contribution is -2.57. The van der Waals surface area contributed by atoms with Crippen LogP contribution < -0.4 is 5.32 Å². The van der Waals surface area contributed by atoms with Crippen LogP contribution in [0.5, 0.6) is 0 Å². The molecule has 1 aliphatic heterocycles. The van der Waals surface area contributed by atoms with E-state index in [9.17, 15) is 4.79 Å². The van der Waals surface area contributed by atoms with Crippen molar-refractivity contribution in [2.75, 3.05) is 26.3 Å².